The summed E-state index contributed by atoms with van der Waals surface area (Å²) < 4.78 is 43.0. The summed E-state index contributed by atoms with van der Waals surface area (Å²) in [5.74, 6) is -0.393. The van der Waals surface area contributed by atoms with Gasteiger partial charge in [-0.15, -0.1) is 0 Å². The Balaban J connectivity index is 3.09. The highest BCUT2D eigenvalue weighted by Crippen LogP contribution is 2.31. The van der Waals surface area contributed by atoms with E-state index in [1.165, 1.54) is 19.1 Å². The van der Waals surface area contributed by atoms with E-state index in [0.717, 1.165) is 12.1 Å². The molecule has 0 saturated carbocycles. The number of carbonyl (C=O) groups excluding carboxylic acids is 2. The van der Waals surface area contributed by atoms with Gasteiger partial charge in [-0.1, -0.05) is 18.7 Å². The van der Waals surface area contributed by atoms with Crippen LogP contribution in [0.1, 0.15) is 44.9 Å². The maximum atomic E-state index is 12.6. The highest BCUT2D eigenvalue weighted by Gasteiger charge is 2.31. The maximum absolute atomic E-state index is 12.6. The summed E-state index contributed by atoms with van der Waals surface area (Å²) >= 11 is 0. The van der Waals surface area contributed by atoms with E-state index in [1.807, 2.05) is 0 Å². The monoisotopic (exact) mass is 343 g/mol. The second-order valence-electron chi connectivity index (χ2n) is 6.28. The number of carbonyl (C=O) groups is 2. The third kappa shape index (κ3) is 5.72. The zero-order valence-corrected chi connectivity index (χ0v) is 14.0. The van der Waals surface area contributed by atoms with Crippen LogP contribution in [-0.2, 0) is 15.7 Å². The second kappa shape index (κ2) is 7.07. The van der Waals surface area contributed by atoms with Crippen molar-refractivity contribution < 1.29 is 27.5 Å². The largest absolute Gasteiger partial charge is 0.444 e. The van der Waals surface area contributed by atoms with E-state index in [0.29, 0.717) is 5.56 Å². The van der Waals surface area contributed by atoms with Crippen LogP contribution in [0.4, 0.5) is 18.0 Å². The molecule has 132 valence electrons. The Hall–Kier alpha value is -2.31. The number of amides is 1. The Morgan fingerprint density at radius 3 is 2.00 bits per heavy atom. The molecule has 0 aromatic heterocycles. The van der Waals surface area contributed by atoms with Crippen molar-refractivity contribution in [1.29, 1.82) is 0 Å². The predicted molar refractivity (Wildman–Crippen MR) is 83.4 cm³/mol. The lowest BCUT2D eigenvalue weighted by atomic mass is 9.96. The minimum absolute atomic E-state index is 0.0422. The van der Waals surface area contributed by atoms with E-state index < -0.39 is 35.3 Å². The summed E-state index contributed by atoms with van der Waals surface area (Å²) in [6, 6.07) is 3.18. The van der Waals surface area contributed by atoms with Gasteiger partial charge in [-0.3, -0.25) is 4.79 Å². The fourth-order valence-corrected chi connectivity index (χ4v) is 1.86. The van der Waals surface area contributed by atoms with Crippen LogP contribution in [-0.4, -0.2) is 17.5 Å². The summed E-state index contributed by atoms with van der Waals surface area (Å²) in [5, 5.41) is 2.47. The Kier molecular flexibility index (Phi) is 5.81. The highest BCUT2D eigenvalue weighted by molar-refractivity contribution is 5.94. The summed E-state index contributed by atoms with van der Waals surface area (Å²) in [7, 11) is 0. The van der Waals surface area contributed by atoms with Crippen molar-refractivity contribution in [2.75, 3.05) is 0 Å². The lowest BCUT2D eigenvalue weighted by Crippen LogP contribution is -2.36. The van der Waals surface area contributed by atoms with Crippen molar-refractivity contribution in [2.45, 2.75) is 45.5 Å². The van der Waals surface area contributed by atoms with Gasteiger partial charge in [0.25, 0.3) is 0 Å². The van der Waals surface area contributed by atoms with E-state index in [1.54, 1.807) is 20.8 Å². The minimum atomic E-state index is -4.47. The van der Waals surface area contributed by atoms with Gasteiger partial charge in [0.15, 0.2) is 5.78 Å². The Morgan fingerprint density at radius 1 is 1.12 bits per heavy atom. The molecule has 0 saturated heterocycles. The third-order valence-corrected chi connectivity index (χ3v) is 3.03. The maximum Gasteiger partial charge on any atom is 0.416 e. The average Bonchev–Trinajstić information content (AvgIpc) is 2.41. The molecule has 0 unspecified atom stereocenters. The van der Waals surface area contributed by atoms with Gasteiger partial charge in [0.2, 0.25) is 0 Å². The molecule has 1 atom stereocenters. The van der Waals surface area contributed by atoms with Crippen LogP contribution in [0.2, 0.25) is 0 Å². The predicted octanol–water partition coefficient (Wildman–Crippen LogP) is 4.42. The molecule has 1 amide bonds. The van der Waals surface area contributed by atoms with Gasteiger partial charge in [-0.25, -0.2) is 4.79 Å². The number of alkyl halides is 3. The molecule has 1 aromatic carbocycles. The van der Waals surface area contributed by atoms with Crippen LogP contribution in [0.25, 0.3) is 0 Å². The molecule has 7 heteroatoms. The van der Waals surface area contributed by atoms with Gasteiger partial charge >= 0.3 is 12.3 Å². The fraction of sp³-hybridized carbons (Fsp3) is 0.412. The van der Waals surface area contributed by atoms with Crippen LogP contribution >= 0.6 is 0 Å². The fourth-order valence-electron chi connectivity index (χ4n) is 1.86. The molecule has 0 bridgehead atoms. The first-order valence-electron chi connectivity index (χ1n) is 7.17. The van der Waals surface area contributed by atoms with Crippen molar-refractivity contribution in [3.63, 3.8) is 0 Å². The Labute approximate surface area is 138 Å². The summed E-state index contributed by atoms with van der Waals surface area (Å²) in [6.45, 7) is 9.87. The number of benzene rings is 1. The SMILES string of the molecule is C=C(C(C)=O)[C@@H](NC(=O)OC(C)(C)C)c1ccc(C(F)(F)F)cc1. The molecule has 0 aliphatic rings. The summed E-state index contributed by atoms with van der Waals surface area (Å²) in [5.41, 5.74) is -1.24. The molecule has 0 heterocycles. The summed E-state index contributed by atoms with van der Waals surface area (Å²) in [6.07, 6.45) is -5.26. The van der Waals surface area contributed by atoms with Crippen LogP contribution in [0.3, 0.4) is 0 Å². The van der Waals surface area contributed by atoms with Gasteiger partial charge in [0.05, 0.1) is 11.6 Å². The van der Waals surface area contributed by atoms with Crippen molar-refractivity contribution in [3.05, 3.63) is 47.5 Å². The van der Waals surface area contributed by atoms with Gasteiger partial charge < -0.3 is 10.1 Å². The van der Waals surface area contributed by atoms with Crippen molar-refractivity contribution in [2.24, 2.45) is 0 Å². The lowest BCUT2D eigenvalue weighted by Gasteiger charge is -2.24. The molecule has 0 spiro atoms. The number of Topliss-reactive ketones (excluding diaryl/α,β-unsaturated/α-hetero) is 1. The molecule has 0 aliphatic carbocycles. The van der Waals surface area contributed by atoms with Crippen molar-refractivity contribution in [3.8, 4) is 0 Å². The number of nitrogens with one attached hydrogen (secondary N) is 1. The first-order chi connectivity index (χ1) is 10.8. The molecule has 1 aromatic rings. The first-order valence-corrected chi connectivity index (χ1v) is 7.17. The topological polar surface area (TPSA) is 55.4 Å². The van der Waals surface area contributed by atoms with Crippen LogP contribution in [0.5, 0.6) is 0 Å². The van der Waals surface area contributed by atoms with E-state index in [9.17, 15) is 22.8 Å². The van der Waals surface area contributed by atoms with E-state index >= 15 is 0 Å². The van der Waals surface area contributed by atoms with Gasteiger partial charge in [-0.05, 0) is 45.4 Å². The van der Waals surface area contributed by atoms with Crippen molar-refractivity contribution in [1.82, 2.24) is 5.32 Å². The number of rotatable bonds is 4. The lowest BCUT2D eigenvalue weighted by molar-refractivity contribution is -0.137. The van der Waals surface area contributed by atoms with Crippen LogP contribution in [0.15, 0.2) is 36.4 Å². The number of hydrogen-bond donors (Lipinski definition) is 1. The van der Waals surface area contributed by atoms with E-state index in [-0.39, 0.29) is 5.57 Å². The standard InChI is InChI=1S/C17H20F3NO3/c1-10(11(2)22)14(21-15(23)24-16(3,4)5)12-6-8-13(9-7-12)17(18,19)20/h6-9,14H,1H2,2-5H3,(H,21,23)/t14-/m1/s1. The van der Waals surface area contributed by atoms with Crippen LogP contribution < -0.4 is 5.32 Å². The number of halogens is 3. The molecule has 24 heavy (non-hydrogen) atoms. The molecule has 1 N–H and O–H groups in total. The third-order valence-electron chi connectivity index (χ3n) is 3.03. The molecular formula is C17H20F3NO3. The average molecular weight is 343 g/mol. The number of ketones is 1. The smallest absolute Gasteiger partial charge is 0.416 e. The van der Waals surface area contributed by atoms with Gasteiger partial charge in [-0.2, -0.15) is 13.2 Å². The quantitative estimate of drug-likeness (QED) is 0.824. The number of alkyl carbamates (subject to hydrolysis) is 1. The zero-order valence-electron chi connectivity index (χ0n) is 14.0. The number of ether oxygens (including phenoxy) is 1. The zero-order chi connectivity index (χ0) is 18.7. The van der Waals surface area contributed by atoms with Gasteiger partial charge in [0, 0.05) is 5.57 Å². The number of hydrogen-bond acceptors (Lipinski definition) is 3. The first kappa shape index (κ1) is 19.7. The Bertz CT molecular complexity index is 628. The molecule has 4 nitrogen and oxygen atoms in total. The van der Waals surface area contributed by atoms with E-state index in [2.05, 4.69) is 11.9 Å². The highest BCUT2D eigenvalue weighted by atomic mass is 19.4. The molecular weight excluding hydrogens is 323 g/mol. The normalized spacial score (nSPS) is 13.1. The molecule has 1 rings (SSSR count). The van der Waals surface area contributed by atoms with Crippen molar-refractivity contribution >= 4 is 11.9 Å². The van der Waals surface area contributed by atoms with Crippen LogP contribution in [0, 0.1) is 0 Å². The van der Waals surface area contributed by atoms with E-state index in [4.69, 9.17) is 4.74 Å². The summed E-state index contributed by atoms with van der Waals surface area (Å²) in [4.78, 5) is 23.5. The Morgan fingerprint density at radius 2 is 1.62 bits per heavy atom. The minimum Gasteiger partial charge on any atom is -0.444 e. The molecule has 0 radical (unpaired) electrons. The second-order valence-corrected chi connectivity index (χ2v) is 6.28. The molecule has 0 aliphatic heterocycles. The molecule has 0 fully saturated rings. The van der Waals surface area contributed by atoms with Gasteiger partial charge in [0.1, 0.15) is 5.60 Å².